The third-order valence-electron chi connectivity index (χ3n) is 3.25. The molecule has 2 heterocycles. The molecule has 1 saturated heterocycles. The van der Waals surface area contributed by atoms with Crippen LogP contribution in [0.1, 0.15) is 26.0 Å². The Morgan fingerprint density at radius 3 is 2.75 bits per heavy atom. The van der Waals surface area contributed by atoms with Crippen molar-refractivity contribution >= 4 is 23.7 Å². The lowest BCUT2D eigenvalue weighted by Gasteiger charge is -2.18. The first kappa shape index (κ1) is 14.0. The van der Waals surface area contributed by atoms with Crippen molar-refractivity contribution in [1.29, 1.82) is 0 Å². The Morgan fingerprint density at radius 2 is 2.25 bits per heavy atom. The molecule has 0 saturated carbocycles. The van der Waals surface area contributed by atoms with E-state index in [2.05, 4.69) is 15.8 Å². The van der Waals surface area contributed by atoms with E-state index in [0.717, 1.165) is 4.90 Å². The number of amides is 4. The first-order valence-corrected chi connectivity index (χ1v) is 6.23. The Hall–Kier alpha value is -2.38. The maximum absolute atomic E-state index is 12.1. The first-order chi connectivity index (χ1) is 9.35. The SMILES string of the molecule is CC[C@]1(C)NC(=O)N(CC(=O)Nc2cc(C)on2)C1=O. The van der Waals surface area contributed by atoms with E-state index in [-0.39, 0.29) is 12.4 Å². The van der Waals surface area contributed by atoms with Gasteiger partial charge in [0.1, 0.15) is 17.8 Å². The third kappa shape index (κ3) is 2.49. The second kappa shape index (κ2) is 4.95. The highest BCUT2D eigenvalue weighted by Gasteiger charge is 2.46. The van der Waals surface area contributed by atoms with Crippen molar-refractivity contribution in [1.82, 2.24) is 15.4 Å². The number of carbonyl (C=O) groups excluding carboxylic acids is 3. The second-order valence-electron chi connectivity index (χ2n) is 4.88. The molecule has 1 aliphatic heterocycles. The van der Waals surface area contributed by atoms with E-state index in [1.165, 1.54) is 0 Å². The van der Waals surface area contributed by atoms with Crippen LogP contribution < -0.4 is 10.6 Å². The molecule has 0 radical (unpaired) electrons. The average Bonchev–Trinajstić information content (AvgIpc) is 2.87. The predicted molar refractivity (Wildman–Crippen MR) is 68.8 cm³/mol. The smallest absolute Gasteiger partial charge is 0.325 e. The van der Waals surface area contributed by atoms with E-state index in [4.69, 9.17) is 4.52 Å². The zero-order valence-corrected chi connectivity index (χ0v) is 11.5. The van der Waals surface area contributed by atoms with Crippen LogP contribution in [0.15, 0.2) is 10.6 Å². The highest BCUT2D eigenvalue weighted by Crippen LogP contribution is 2.20. The number of hydrogen-bond donors (Lipinski definition) is 2. The summed E-state index contributed by atoms with van der Waals surface area (Å²) in [6, 6.07) is 0.978. The summed E-state index contributed by atoms with van der Waals surface area (Å²) in [5, 5.41) is 8.64. The van der Waals surface area contributed by atoms with Gasteiger partial charge in [0.25, 0.3) is 5.91 Å². The fraction of sp³-hybridized carbons (Fsp3) is 0.500. The van der Waals surface area contributed by atoms with Gasteiger partial charge in [-0.25, -0.2) is 4.79 Å². The van der Waals surface area contributed by atoms with Crippen LogP contribution in [0, 0.1) is 6.92 Å². The quantitative estimate of drug-likeness (QED) is 0.787. The summed E-state index contributed by atoms with van der Waals surface area (Å²) in [5.74, 6) is -0.120. The fourth-order valence-electron chi connectivity index (χ4n) is 1.88. The number of anilines is 1. The number of aromatic nitrogens is 1. The third-order valence-corrected chi connectivity index (χ3v) is 3.25. The molecule has 1 fully saturated rings. The van der Waals surface area contributed by atoms with Gasteiger partial charge < -0.3 is 15.2 Å². The van der Waals surface area contributed by atoms with Gasteiger partial charge in [-0.2, -0.15) is 0 Å². The van der Waals surface area contributed by atoms with Crippen molar-refractivity contribution in [3.05, 3.63) is 11.8 Å². The van der Waals surface area contributed by atoms with Crippen LogP contribution >= 0.6 is 0 Å². The monoisotopic (exact) mass is 280 g/mol. The maximum atomic E-state index is 12.1. The van der Waals surface area contributed by atoms with Gasteiger partial charge >= 0.3 is 6.03 Å². The van der Waals surface area contributed by atoms with E-state index < -0.39 is 23.4 Å². The predicted octanol–water partition coefficient (Wildman–Crippen LogP) is 0.642. The van der Waals surface area contributed by atoms with Gasteiger partial charge in [-0.3, -0.25) is 14.5 Å². The van der Waals surface area contributed by atoms with E-state index >= 15 is 0 Å². The summed E-state index contributed by atoms with van der Waals surface area (Å²) in [4.78, 5) is 36.5. The largest absolute Gasteiger partial charge is 0.360 e. The van der Waals surface area contributed by atoms with Crippen LogP contribution in [-0.2, 0) is 9.59 Å². The molecule has 1 aromatic heterocycles. The van der Waals surface area contributed by atoms with Crippen LogP contribution in [0.25, 0.3) is 0 Å². The minimum absolute atomic E-state index is 0.248. The number of imide groups is 1. The highest BCUT2D eigenvalue weighted by molar-refractivity contribution is 6.09. The van der Waals surface area contributed by atoms with Gasteiger partial charge in [0.2, 0.25) is 5.91 Å². The number of nitrogens with zero attached hydrogens (tertiary/aromatic N) is 2. The van der Waals surface area contributed by atoms with Crippen molar-refractivity contribution in [2.75, 3.05) is 11.9 Å². The molecule has 1 aromatic rings. The van der Waals surface area contributed by atoms with Crippen molar-refractivity contribution in [3.8, 4) is 0 Å². The molecule has 1 aliphatic rings. The number of carbonyl (C=O) groups is 3. The Kier molecular flexibility index (Phi) is 3.47. The van der Waals surface area contributed by atoms with Crippen LogP contribution in [0.4, 0.5) is 10.6 Å². The molecule has 108 valence electrons. The number of hydrogen-bond acceptors (Lipinski definition) is 5. The number of aryl methyl sites for hydroxylation is 1. The molecular weight excluding hydrogens is 264 g/mol. The molecule has 2 rings (SSSR count). The first-order valence-electron chi connectivity index (χ1n) is 6.23. The Morgan fingerprint density at radius 1 is 1.55 bits per heavy atom. The van der Waals surface area contributed by atoms with Gasteiger partial charge in [-0.1, -0.05) is 12.1 Å². The molecule has 0 unspecified atom stereocenters. The van der Waals surface area contributed by atoms with Crippen molar-refractivity contribution < 1.29 is 18.9 Å². The van der Waals surface area contributed by atoms with E-state index in [1.807, 2.05) is 0 Å². The van der Waals surface area contributed by atoms with Gasteiger partial charge in [-0.15, -0.1) is 0 Å². The minimum Gasteiger partial charge on any atom is -0.360 e. The average molecular weight is 280 g/mol. The molecule has 1 atom stereocenters. The summed E-state index contributed by atoms with van der Waals surface area (Å²) < 4.78 is 4.80. The maximum Gasteiger partial charge on any atom is 0.325 e. The summed E-state index contributed by atoms with van der Waals surface area (Å²) in [7, 11) is 0. The van der Waals surface area contributed by atoms with E-state index in [9.17, 15) is 14.4 Å². The van der Waals surface area contributed by atoms with Crippen LogP contribution in [0.5, 0.6) is 0 Å². The number of rotatable bonds is 4. The van der Waals surface area contributed by atoms with Crippen LogP contribution in [0.2, 0.25) is 0 Å². The van der Waals surface area contributed by atoms with Gasteiger partial charge in [-0.05, 0) is 20.3 Å². The van der Waals surface area contributed by atoms with Gasteiger partial charge in [0, 0.05) is 6.07 Å². The second-order valence-corrected chi connectivity index (χ2v) is 4.88. The minimum atomic E-state index is -0.943. The Balaban J connectivity index is 2.01. The normalized spacial score (nSPS) is 22.1. The molecule has 0 aromatic carbocycles. The molecule has 8 nitrogen and oxygen atoms in total. The highest BCUT2D eigenvalue weighted by atomic mass is 16.5. The zero-order chi connectivity index (χ0) is 14.9. The van der Waals surface area contributed by atoms with E-state index in [1.54, 1.807) is 26.8 Å². The van der Waals surface area contributed by atoms with Crippen LogP contribution in [-0.4, -0.2) is 40.0 Å². The van der Waals surface area contributed by atoms with Crippen molar-refractivity contribution in [2.45, 2.75) is 32.7 Å². The summed E-state index contributed by atoms with van der Waals surface area (Å²) in [6.07, 6.45) is 0.457. The van der Waals surface area contributed by atoms with Gasteiger partial charge in [0.15, 0.2) is 5.82 Å². The molecular formula is C12H16N4O4. The summed E-state index contributed by atoms with van der Waals surface area (Å²) in [5.41, 5.74) is -0.943. The lowest BCUT2D eigenvalue weighted by atomic mass is 9.99. The lowest BCUT2D eigenvalue weighted by Crippen LogP contribution is -2.44. The molecule has 0 spiro atoms. The zero-order valence-electron chi connectivity index (χ0n) is 11.5. The Labute approximate surface area is 115 Å². The molecule has 4 amide bonds. The number of urea groups is 1. The van der Waals surface area contributed by atoms with E-state index in [0.29, 0.717) is 12.2 Å². The molecule has 2 N–H and O–H groups in total. The fourth-order valence-corrected chi connectivity index (χ4v) is 1.88. The number of nitrogens with one attached hydrogen (secondary N) is 2. The molecule has 8 heteroatoms. The molecule has 20 heavy (non-hydrogen) atoms. The lowest BCUT2D eigenvalue weighted by molar-refractivity contribution is -0.133. The summed E-state index contributed by atoms with van der Waals surface area (Å²) >= 11 is 0. The summed E-state index contributed by atoms with van der Waals surface area (Å²) in [6.45, 7) is 4.75. The Bertz CT molecular complexity index is 568. The van der Waals surface area contributed by atoms with Crippen molar-refractivity contribution in [2.24, 2.45) is 0 Å². The standard InChI is InChI=1S/C12H16N4O4/c1-4-12(3)10(18)16(11(19)14-12)6-9(17)13-8-5-7(2)20-15-8/h5H,4,6H2,1-3H3,(H,14,19)(H,13,15,17)/t12-/m0/s1. The van der Waals surface area contributed by atoms with Crippen LogP contribution in [0.3, 0.4) is 0 Å². The topological polar surface area (TPSA) is 105 Å². The molecule has 0 bridgehead atoms. The molecule has 0 aliphatic carbocycles. The van der Waals surface area contributed by atoms with Gasteiger partial charge in [0.05, 0.1) is 0 Å². The van der Waals surface area contributed by atoms with Crippen molar-refractivity contribution in [3.63, 3.8) is 0 Å².